The molecule has 1 unspecified atom stereocenters. The number of likely N-dealkylation sites (N-methyl/N-ethyl adjacent to an activating group) is 1. The van der Waals surface area contributed by atoms with E-state index in [9.17, 15) is 0 Å². The predicted molar refractivity (Wildman–Crippen MR) is 83.9 cm³/mol. The fourth-order valence-electron chi connectivity index (χ4n) is 2.59. The second-order valence-electron chi connectivity index (χ2n) is 5.43. The van der Waals surface area contributed by atoms with Crippen LogP contribution < -0.4 is 5.32 Å². The van der Waals surface area contributed by atoms with Crippen LogP contribution in [0.5, 0.6) is 0 Å². The van der Waals surface area contributed by atoms with Gasteiger partial charge in [0.05, 0.1) is 0 Å². The van der Waals surface area contributed by atoms with Gasteiger partial charge in [0.2, 0.25) is 0 Å². The fourth-order valence-corrected chi connectivity index (χ4v) is 3.47. The van der Waals surface area contributed by atoms with Gasteiger partial charge in [-0.2, -0.15) is 0 Å². The molecule has 0 bridgehead atoms. The van der Waals surface area contributed by atoms with Gasteiger partial charge in [-0.1, -0.05) is 13.0 Å². The molecular formula is C15H27N3S. The second-order valence-corrected chi connectivity index (χ2v) is 6.41. The molecule has 1 saturated heterocycles. The average molecular weight is 281 g/mol. The summed E-state index contributed by atoms with van der Waals surface area (Å²) in [4.78, 5) is 6.48. The van der Waals surface area contributed by atoms with E-state index >= 15 is 0 Å². The molecule has 1 atom stereocenters. The summed E-state index contributed by atoms with van der Waals surface area (Å²) < 4.78 is 0. The minimum atomic E-state index is 0.549. The zero-order valence-electron chi connectivity index (χ0n) is 12.3. The van der Waals surface area contributed by atoms with E-state index < -0.39 is 0 Å². The third-order valence-corrected chi connectivity index (χ3v) is 4.92. The van der Waals surface area contributed by atoms with E-state index in [-0.39, 0.29) is 0 Å². The van der Waals surface area contributed by atoms with Crippen molar-refractivity contribution in [3.8, 4) is 0 Å². The van der Waals surface area contributed by atoms with Gasteiger partial charge < -0.3 is 15.1 Å². The molecule has 1 aliphatic heterocycles. The summed E-state index contributed by atoms with van der Waals surface area (Å²) in [7, 11) is 2.21. The Morgan fingerprint density at radius 2 is 2.11 bits per heavy atom. The maximum Gasteiger partial charge on any atom is 0.0412 e. The molecule has 1 aromatic rings. The van der Waals surface area contributed by atoms with E-state index in [0.29, 0.717) is 6.04 Å². The summed E-state index contributed by atoms with van der Waals surface area (Å²) in [5, 5.41) is 5.86. The van der Waals surface area contributed by atoms with Gasteiger partial charge in [-0.3, -0.25) is 0 Å². The third-order valence-electron chi connectivity index (χ3n) is 3.93. The van der Waals surface area contributed by atoms with Crippen LogP contribution in [0.2, 0.25) is 0 Å². The highest BCUT2D eigenvalue weighted by atomic mass is 32.1. The topological polar surface area (TPSA) is 18.5 Å². The second kappa shape index (κ2) is 8.00. The Morgan fingerprint density at radius 1 is 1.32 bits per heavy atom. The normalized spacial score (nSPS) is 19.7. The standard InChI is InChI=1S/C15H27N3S/c1-3-14(15-6-4-13-19-15)16-7-5-8-18-11-9-17(2)10-12-18/h4,6,13-14,16H,3,5,7-12H2,1-2H3. The molecule has 0 radical (unpaired) electrons. The van der Waals surface area contributed by atoms with Gasteiger partial charge in [-0.15, -0.1) is 11.3 Å². The summed E-state index contributed by atoms with van der Waals surface area (Å²) in [5.74, 6) is 0. The first-order valence-corrected chi connectivity index (χ1v) is 8.35. The molecule has 108 valence electrons. The van der Waals surface area contributed by atoms with Crippen molar-refractivity contribution in [2.24, 2.45) is 0 Å². The zero-order chi connectivity index (χ0) is 13.5. The molecule has 1 aromatic heterocycles. The van der Waals surface area contributed by atoms with Crippen molar-refractivity contribution in [2.75, 3.05) is 46.3 Å². The molecule has 19 heavy (non-hydrogen) atoms. The highest BCUT2D eigenvalue weighted by Gasteiger charge is 2.13. The smallest absolute Gasteiger partial charge is 0.0412 e. The third kappa shape index (κ3) is 4.88. The first-order valence-electron chi connectivity index (χ1n) is 7.47. The summed E-state index contributed by atoms with van der Waals surface area (Å²) in [6.45, 7) is 9.54. The van der Waals surface area contributed by atoms with Crippen molar-refractivity contribution >= 4 is 11.3 Å². The summed E-state index contributed by atoms with van der Waals surface area (Å²) in [6, 6.07) is 4.94. The Hall–Kier alpha value is -0.420. The van der Waals surface area contributed by atoms with Crippen molar-refractivity contribution < 1.29 is 0 Å². The number of piperazine rings is 1. The van der Waals surface area contributed by atoms with E-state index in [1.165, 1.54) is 50.4 Å². The van der Waals surface area contributed by atoms with Crippen LogP contribution >= 0.6 is 11.3 Å². The lowest BCUT2D eigenvalue weighted by atomic mass is 10.2. The molecule has 0 spiro atoms. The number of thiophene rings is 1. The SMILES string of the molecule is CCC(NCCCN1CCN(C)CC1)c1cccs1. The van der Waals surface area contributed by atoms with E-state index in [1.807, 2.05) is 11.3 Å². The minimum Gasteiger partial charge on any atom is -0.309 e. The van der Waals surface area contributed by atoms with Crippen LogP contribution in [0.15, 0.2) is 17.5 Å². The minimum absolute atomic E-state index is 0.549. The van der Waals surface area contributed by atoms with Crippen molar-refractivity contribution in [1.29, 1.82) is 0 Å². The molecule has 0 amide bonds. The lowest BCUT2D eigenvalue weighted by Gasteiger charge is -2.32. The summed E-state index contributed by atoms with van der Waals surface area (Å²) in [5.41, 5.74) is 0. The van der Waals surface area contributed by atoms with Crippen molar-refractivity contribution in [3.05, 3.63) is 22.4 Å². The quantitative estimate of drug-likeness (QED) is 0.775. The van der Waals surface area contributed by atoms with Gasteiger partial charge in [0.1, 0.15) is 0 Å². The Bertz CT molecular complexity index is 331. The number of rotatable bonds is 7. The molecule has 1 N–H and O–H groups in total. The molecule has 4 heteroatoms. The number of nitrogens with zero attached hydrogens (tertiary/aromatic N) is 2. The van der Waals surface area contributed by atoms with E-state index in [0.717, 1.165) is 6.54 Å². The van der Waals surface area contributed by atoms with Gasteiger partial charge in [0.25, 0.3) is 0 Å². The molecule has 2 heterocycles. The van der Waals surface area contributed by atoms with Crippen LogP contribution in [-0.2, 0) is 0 Å². The molecule has 3 nitrogen and oxygen atoms in total. The van der Waals surface area contributed by atoms with Crippen molar-refractivity contribution in [3.63, 3.8) is 0 Å². The monoisotopic (exact) mass is 281 g/mol. The lowest BCUT2D eigenvalue weighted by Crippen LogP contribution is -2.45. The largest absolute Gasteiger partial charge is 0.309 e. The average Bonchev–Trinajstić information content (AvgIpc) is 2.95. The van der Waals surface area contributed by atoms with E-state index in [1.54, 1.807) is 0 Å². The Balaban J connectivity index is 1.61. The lowest BCUT2D eigenvalue weighted by molar-refractivity contribution is 0.152. The van der Waals surface area contributed by atoms with Gasteiger partial charge >= 0.3 is 0 Å². The molecule has 0 aliphatic carbocycles. The molecule has 0 saturated carbocycles. The number of hydrogen-bond donors (Lipinski definition) is 1. The predicted octanol–water partition coefficient (Wildman–Crippen LogP) is 2.43. The van der Waals surface area contributed by atoms with E-state index in [2.05, 4.69) is 46.6 Å². The van der Waals surface area contributed by atoms with Crippen LogP contribution in [0.25, 0.3) is 0 Å². The van der Waals surface area contributed by atoms with Crippen LogP contribution in [0.3, 0.4) is 0 Å². The Labute approximate surface area is 121 Å². The van der Waals surface area contributed by atoms with Crippen LogP contribution in [-0.4, -0.2) is 56.1 Å². The van der Waals surface area contributed by atoms with Gasteiger partial charge in [0, 0.05) is 37.1 Å². The summed E-state index contributed by atoms with van der Waals surface area (Å²) in [6.07, 6.45) is 2.43. The van der Waals surface area contributed by atoms with E-state index in [4.69, 9.17) is 0 Å². The van der Waals surface area contributed by atoms with Gasteiger partial charge in [0.15, 0.2) is 0 Å². The maximum atomic E-state index is 3.69. The van der Waals surface area contributed by atoms with Crippen LogP contribution in [0, 0.1) is 0 Å². The molecule has 0 aromatic carbocycles. The molecule has 2 rings (SSSR count). The van der Waals surface area contributed by atoms with Gasteiger partial charge in [-0.05, 0) is 44.4 Å². The summed E-state index contributed by atoms with van der Waals surface area (Å²) >= 11 is 1.86. The zero-order valence-corrected chi connectivity index (χ0v) is 13.1. The van der Waals surface area contributed by atoms with Crippen molar-refractivity contribution in [2.45, 2.75) is 25.8 Å². The highest BCUT2D eigenvalue weighted by molar-refractivity contribution is 7.10. The Morgan fingerprint density at radius 3 is 2.74 bits per heavy atom. The number of nitrogens with one attached hydrogen (secondary N) is 1. The molecule has 1 aliphatic rings. The fraction of sp³-hybridized carbons (Fsp3) is 0.733. The number of hydrogen-bond acceptors (Lipinski definition) is 4. The van der Waals surface area contributed by atoms with Crippen LogP contribution in [0.1, 0.15) is 30.7 Å². The maximum absolute atomic E-state index is 3.69. The molecular weight excluding hydrogens is 254 g/mol. The highest BCUT2D eigenvalue weighted by Crippen LogP contribution is 2.21. The van der Waals surface area contributed by atoms with Crippen LogP contribution in [0.4, 0.5) is 0 Å². The Kier molecular flexibility index (Phi) is 6.31. The first kappa shape index (κ1) is 15.0. The van der Waals surface area contributed by atoms with Gasteiger partial charge in [-0.25, -0.2) is 0 Å². The molecule has 1 fully saturated rings. The van der Waals surface area contributed by atoms with Crippen molar-refractivity contribution in [1.82, 2.24) is 15.1 Å². The first-order chi connectivity index (χ1) is 9.29.